The number of rotatable bonds is 3. The van der Waals surface area contributed by atoms with Crippen molar-refractivity contribution in [2.45, 2.75) is 30.8 Å². The van der Waals surface area contributed by atoms with E-state index in [1.807, 2.05) is 35.2 Å². The maximum atomic E-state index is 12.2. The number of amides is 1. The van der Waals surface area contributed by atoms with Crippen LogP contribution in [0.25, 0.3) is 0 Å². The Balaban J connectivity index is 1.88. The molecule has 2 unspecified atom stereocenters. The summed E-state index contributed by atoms with van der Waals surface area (Å²) in [5, 5.41) is 3.39. The normalized spacial score (nSPS) is 24.0. The van der Waals surface area contributed by atoms with Gasteiger partial charge in [-0.15, -0.1) is 11.8 Å². The lowest BCUT2D eigenvalue weighted by atomic mass is 10.1. The Morgan fingerprint density at radius 1 is 1.39 bits per heavy atom. The van der Waals surface area contributed by atoms with Crippen LogP contribution >= 0.6 is 11.8 Å². The minimum atomic E-state index is 0.240. The van der Waals surface area contributed by atoms with Gasteiger partial charge in [0.2, 0.25) is 5.91 Å². The van der Waals surface area contributed by atoms with Crippen LogP contribution in [0, 0.1) is 0 Å². The van der Waals surface area contributed by atoms with Crippen molar-refractivity contribution in [2.24, 2.45) is 0 Å². The summed E-state index contributed by atoms with van der Waals surface area (Å²) >= 11 is 1.61. The summed E-state index contributed by atoms with van der Waals surface area (Å²) in [5.41, 5.74) is 0. The van der Waals surface area contributed by atoms with Crippen LogP contribution in [0.3, 0.4) is 0 Å². The highest BCUT2D eigenvalue weighted by molar-refractivity contribution is 8.00. The Bertz CT molecular complexity index is 396. The molecule has 2 atom stereocenters. The molecule has 0 aliphatic carbocycles. The van der Waals surface area contributed by atoms with E-state index in [0.29, 0.717) is 11.8 Å². The third-order valence-electron chi connectivity index (χ3n) is 3.46. The number of nitrogens with one attached hydrogen (secondary N) is 1. The molecule has 0 radical (unpaired) electrons. The second kappa shape index (κ2) is 6.25. The smallest absolute Gasteiger partial charge is 0.233 e. The highest BCUT2D eigenvalue weighted by Crippen LogP contribution is 2.19. The number of nitrogens with zero attached hydrogens (tertiary/aromatic N) is 1. The van der Waals surface area contributed by atoms with Gasteiger partial charge in [-0.25, -0.2) is 0 Å². The van der Waals surface area contributed by atoms with Gasteiger partial charge in [-0.05, 0) is 26.0 Å². The zero-order valence-electron chi connectivity index (χ0n) is 10.9. The van der Waals surface area contributed by atoms with Crippen molar-refractivity contribution < 1.29 is 4.79 Å². The van der Waals surface area contributed by atoms with Crippen LogP contribution in [0.1, 0.15) is 13.8 Å². The molecule has 0 saturated carbocycles. The summed E-state index contributed by atoms with van der Waals surface area (Å²) in [6, 6.07) is 10.7. The fourth-order valence-electron chi connectivity index (χ4n) is 2.15. The van der Waals surface area contributed by atoms with E-state index >= 15 is 0 Å². The van der Waals surface area contributed by atoms with Crippen molar-refractivity contribution in [3.8, 4) is 0 Å². The number of hydrogen-bond donors (Lipinski definition) is 1. The molecule has 1 N–H and O–H groups in total. The van der Waals surface area contributed by atoms with Gasteiger partial charge in [-0.2, -0.15) is 0 Å². The largest absolute Gasteiger partial charge is 0.336 e. The standard InChI is InChI=1S/C14H20N2OS/c1-11-12(2)16(9-8-15-11)14(17)10-18-13-6-4-3-5-7-13/h3-7,11-12,15H,8-10H2,1-2H3. The third kappa shape index (κ3) is 3.27. The van der Waals surface area contributed by atoms with Crippen molar-refractivity contribution in [1.29, 1.82) is 0 Å². The molecule has 2 rings (SSSR count). The summed E-state index contributed by atoms with van der Waals surface area (Å²) in [6.07, 6.45) is 0. The average molecular weight is 264 g/mol. The topological polar surface area (TPSA) is 32.3 Å². The van der Waals surface area contributed by atoms with Crippen molar-refractivity contribution in [3.63, 3.8) is 0 Å². The van der Waals surface area contributed by atoms with Crippen molar-refractivity contribution in [2.75, 3.05) is 18.8 Å². The molecule has 1 fully saturated rings. The van der Waals surface area contributed by atoms with Crippen LogP contribution < -0.4 is 5.32 Å². The lowest BCUT2D eigenvalue weighted by Crippen LogP contribution is -2.57. The van der Waals surface area contributed by atoms with Crippen molar-refractivity contribution in [1.82, 2.24) is 10.2 Å². The first-order valence-electron chi connectivity index (χ1n) is 6.39. The zero-order valence-corrected chi connectivity index (χ0v) is 11.7. The Morgan fingerprint density at radius 2 is 2.11 bits per heavy atom. The summed E-state index contributed by atoms with van der Waals surface area (Å²) in [7, 11) is 0. The molecule has 98 valence electrons. The molecule has 4 heteroatoms. The number of carbonyl (C=O) groups excluding carboxylic acids is 1. The Morgan fingerprint density at radius 3 is 2.83 bits per heavy atom. The average Bonchev–Trinajstić information content (AvgIpc) is 2.40. The van der Waals surface area contributed by atoms with E-state index < -0.39 is 0 Å². The minimum absolute atomic E-state index is 0.240. The fraction of sp³-hybridized carbons (Fsp3) is 0.500. The number of piperazine rings is 1. The lowest BCUT2D eigenvalue weighted by Gasteiger charge is -2.38. The second-order valence-electron chi connectivity index (χ2n) is 4.67. The van der Waals surface area contributed by atoms with Gasteiger partial charge in [0, 0.05) is 30.1 Å². The quantitative estimate of drug-likeness (QED) is 0.847. The van der Waals surface area contributed by atoms with Crippen LogP contribution in [0.2, 0.25) is 0 Å². The van der Waals surface area contributed by atoms with Crippen LogP contribution in [-0.4, -0.2) is 41.7 Å². The van der Waals surface area contributed by atoms with Crippen molar-refractivity contribution >= 4 is 17.7 Å². The molecule has 0 spiro atoms. The summed E-state index contributed by atoms with van der Waals surface area (Å²) in [5.74, 6) is 0.769. The first-order chi connectivity index (χ1) is 8.68. The predicted molar refractivity (Wildman–Crippen MR) is 75.8 cm³/mol. The van der Waals surface area contributed by atoms with E-state index in [4.69, 9.17) is 0 Å². The Kier molecular flexibility index (Phi) is 4.66. The molecule has 1 aromatic carbocycles. The molecular weight excluding hydrogens is 244 g/mol. The minimum Gasteiger partial charge on any atom is -0.336 e. The van der Waals surface area contributed by atoms with E-state index in [1.54, 1.807) is 11.8 Å². The predicted octanol–water partition coefficient (Wildman–Crippen LogP) is 1.99. The monoisotopic (exact) mass is 264 g/mol. The van der Waals surface area contributed by atoms with Gasteiger partial charge in [-0.3, -0.25) is 4.79 Å². The summed E-state index contributed by atoms with van der Waals surface area (Å²) in [4.78, 5) is 15.4. The fourth-order valence-corrected chi connectivity index (χ4v) is 2.96. The SMILES string of the molecule is CC1NCCN(C(=O)CSc2ccccc2)C1C. The van der Waals surface area contributed by atoms with Crippen LogP contribution in [-0.2, 0) is 4.79 Å². The van der Waals surface area contributed by atoms with Gasteiger partial charge in [0.25, 0.3) is 0 Å². The van der Waals surface area contributed by atoms with E-state index in [2.05, 4.69) is 19.2 Å². The molecule has 18 heavy (non-hydrogen) atoms. The number of benzene rings is 1. The molecule has 3 nitrogen and oxygen atoms in total. The molecule has 1 amide bonds. The molecule has 1 heterocycles. The zero-order chi connectivity index (χ0) is 13.0. The molecule has 1 aliphatic heterocycles. The van der Waals surface area contributed by atoms with E-state index in [9.17, 15) is 4.79 Å². The van der Waals surface area contributed by atoms with Gasteiger partial charge in [0.1, 0.15) is 0 Å². The Hall–Kier alpha value is -1.00. The first kappa shape index (κ1) is 13.4. The molecule has 1 aliphatic rings. The summed E-state index contributed by atoms with van der Waals surface area (Å²) < 4.78 is 0. The maximum Gasteiger partial charge on any atom is 0.233 e. The van der Waals surface area contributed by atoms with Gasteiger partial charge < -0.3 is 10.2 Å². The second-order valence-corrected chi connectivity index (χ2v) is 5.72. The molecule has 0 bridgehead atoms. The van der Waals surface area contributed by atoms with Gasteiger partial charge >= 0.3 is 0 Å². The Labute approximate surface area is 113 Å². The molecule has 1 saturated heterocycles. The highest BCUT2D eigenvalue weighted by Gasteiger charge is 2.27. The third-order valence-corrected chi connectivity index (χ3v) is 4.46. The van der Waals surface area contributed by atoms with E-state index in [1.165, 1.54) is 0 Å². The first-order valence-corrected chi connectivity index (χ1v) is 7.38. The van der Waals surface area contributed by atoms with Gasteiger partial charge in [0.05, 0.1) is 5.75 Å². The molecule has 0 aromatic heterocycles. The number of carbonyl (C=O) groups is 1. The number of thioether (sulfide) groups is 1. The number of hydrogen-bond acceptors (Lipinski definition) is 3. The lowest BCUT2D eigenvalue weighted by molar-refractivity contribution is -0.131. The van der Waals surface area contributed by atoms with Gasteiger partial charge in [0.15, 0.2) is 0 Å². The molecular formula is C14H20N2OS. The van der Waals surface area contributed by atoms with E-state index in [-0.39, 0.29) is 11.9 Å². The van der Waals surface area contributed by atoms with E-state index in [0.717, 1.165) is 18.0 Å². The highest BCUT2D eigenvalue weighted by atomic mass is 32.2. The van der Waals surface area contributed by atoms with Crippen molar-refractivity contribution in [3.05, 3.63) is 30.3 Å². The molecule has 1 aromatic rings. The van der Waals surface area contributed by atoms with Crippen LogP contribution in [0.15, 0.2) is 35.2 Å². The van der Waals surface area contributed by atoms with Crippen LogP contribution in [0.4, 0.5) is 0 Å². The van der Waals surface area contributed by atoms with Gasteiger partial charge in [-0.1, -0.05) is 18.2 Å². The maximum absolute atomic E-state index is 12.2. The van der Waals surface area contributed by atoms with Crippen LogP contribution in [0.5, 0.6) is 0 Å². The summed E-state index contributed by atoms with van der Waals surface area (Å²) in [6.45, 7) is 5.96.